The topological polar surface area (TPSA) is 48.2 Å². The number of aryl methyl sites for hydroxylation is 1. The van der Waals surface area contributed by atoms with E-state index in [2.05, 4.69) is 17.1 Å². The average Bonchev–Trinajstić information content (AvgIpc) is 2.52. The molecule has 1 aliphatic heterocycles. The molecule has 0 N–H and O–H groups in total. The molecule has 2 rings (SSSR count). The van der Waals surface area contributed by atoms with E-state index in [0.29, 0.717) is 17.9 Å². The Morgan fingerprint density at radius 3 is 2.85 bits per heavy atom. The van der Waals surface area contributed by atoms with Crippen LogP contribution in [0.1, 0.15) is 37.5 Å². The predicted molar refractivity (Wildman–Crippen MR) is 46.4 cm³/mol. The van der Waals surface area contributed by atoms with E-state index in [9.17, 15) is 0 Å². The normalized spacial score (nSPS) is 29.1. The molecule has 2 heterocycles. The van der Waals surface area contributed by atoms with Crippen molar-refractivity contribution in [2.24, 2.45) is 0 Å². The van der Waals surface area contributed by atoms with Gasteiger partial charge < -0.3 is 9.15 Å². The van der Waals surface area contributed by atoms with Crippen molar-refractivity contribution in [2.45, 2.75) is 38.7 Å². The lowest BCUT2D eigenvalue weighted by molar-refractivity contribution is 0.0142. The summed E-state index contributed by atoms with van der Waals surface area (Å²) in [6.07, 6.45) is 2.29. The van der Waals surface area contributed by atoms with Crippen LogP contribution in [-0.4, -0.2) is 22.9 Å². The van der Waals surface area contributed by atoms with E-state index < -0.39 is 0 Å². The van der Waals surface area contributed by atoms with E-state index in [1.54, 1.807) is 0 Å². The lowest BCUT2D eigenvalue weighted by atomic mass is 9.96. The molecular weight excluding hydrogens is 168 g/mol. The summed E-state index contributed by atoms with van der Waals surface area (Å²) in [7, 11) is 0. The molecule has 0 amide bonds. The first-order chi connectivity index (χ1) is 6.25. The number of aromatic nitrogens is 2. The van der Waals surface area contributed by atoms with Crippen LogP contribution in [-0.2, 0) is 4.74 Å². The highest BCUT2D eigenvalue weighted by Gasteiger charge is 2.24. The molecule has 0 aliphatic carbocycles. The molecule has 0 spiro atoms. The summed E-state index contributed by atoms with van der Waals surface area (Å²) in [4.78, 5) is 0. The zero-order chi connectivity index (χ0) is 9.26. The zero-order valence-electron chi connectivity index (χ0n) is 7.99. The van der Waals surface area contributed by atoms with Crippen LogP contribution in [0.4, 0.5) is 0 Å². The van der Waals surface area contributed by atoms with E-state index >= 15 is 0 Å². The molecule has 1 aliphatic rings. The summed E-state index contributed by atoms with van der Waals surface area (Å²) in [6, 6.07) is 0. The second-order valence-electron chi connectivity index (χ2n) is 3.56. The first-order valence-corrected chi connectivity index (χ1v) is 4.67. The Labute approximate surface area is 77.3 Å². The molecule has 1 saturated heterocycles. The van der Waals surface area contributed by atoms with Gasteiger partial charge in [0.2, 0.25) is 11.8 Å². The smallest absolute Gasteiger partial charge is 0.219 e. The Morgan fingerprint density at radius 2 is 2.23 bits per heavy atom. The second kappa shape index (κ2) is 3.46. The Morgan fingerprint density at radius 1 is 1.38 bits per heavy atom. The van der Waals surface area contributed by atoms with Crippen molar-refractivity contribution in [1.82, 2.24) is 10.2 Å². The van der Waals surface area contributed by atoms with E-state index in [1.807, 2.05) is 6.92 Å². The maximum Gasteiger partial charge on any atom is 0.219 e. The first-order valence-electron chi connectivity index (χ1n) is 4.67. The van der Waals surface area contributed by atoms with Gasteiger partial charge in [-0.3, -0.25) is 0 Å². The van der Waals surface area contributed by atoms with Gasteiger partial charge in [-0.15, -0.1) is 10.2 Å². The number of rotatable bonds is 1. The Hall–Kier alpha value is -0.900. The van der Waals surface area contributed by atoms with Crippen molar-refractivity contribution in [3.8, 4) is 0 Å². The minimum absolute atomic E-state index is 0.311. The Kier molecular flexibility index (Phi) is 2.31. The maximum absolute atomic E-state index is 5.45. The second-order valence-corrected chi connectivity index (χ2v) is 3.56. The number of nitrogens with zero attached hydrogens (tertiary/aromatic N) is 2. The van der Waals surface area contributed by atoms with Gasteiger partial charge in [0, 0.05) is 19.4 Å². The van der Waals surface area contributed by atoms with Crippen molar-refractivity contribution >= 4 is 0 Å². The molecule has 0 saturated carbocycles. The van der Waals surface area contributed by atoms with Gasteiger partial charge in [0.25, 0.3) is 0 Å². The lowest BCUT2D eigenvalue weighted by Crippen LogP contribution is -2.21. The minimum atomic E-state index is 0.311. The summed E-state index contributed by atoms with van der Waals surface area (Å²) < 4.78 is 10.8. The van der Waals surface area contributed by atoms with E-state index in [4.69, 9.17) is 9.15 Å². The fraction of sp³-hybridized carbons (Fsp3) is 0.778. The molecule has 4 heteroatoms. The van der Waals surface area contributed by atoms with Gasteiger partial charge in [-0.1, -0.05) is 0 Å². The third-order valence-electron chi connectivity index (χ3n) is 2.38. The molecule has 4 nitrogen and oxygen atoms in total. The first kappa shape index (κ1) is 8.69. The highest BCUT2D eigenvalue weighted by atomic mass is 16.5. The summed E-state index contributed by atoms with van der Waals surface area (Å²) in [5.41, 5.74) is 0. The summed E-state index contributed by atoms with van der Waals surface area (Å²) in [6.45, 7) is 4.70. The van der Waals surface area contributed by atoms with Crippen LogP contribution in [0.5, 0.6) is 0 Å². The van der Waals surface area contributed by atoms with E-state index in [-0.39, 0.29) is 0 Å². The molecule has 1 aromatic rings. The third kappa shape index (κ3) is 1.88. The SMILES string of the molecule is Cc1nnc(C2CCOC(C)C2)o1. The summed E-state index contributed by atoms with van der Waals surface area (Å²) in [5.74, 6) is 1.81. The van der Waals surface area contributed by atoms with Gasteiger partial charge in [-0.2, -0.15) is 0 Å². The molecule has 0 radical (unpaired) electrons. The molecule has 2 atom stereocenters. The standard InChI is InChI=1S/C9H14N2O2/c1-6-5-8(3-4-12-6)9-11-10-7(2)13-9/h6,8H,3-5H2,1-2H3. The van der Waals surface area contributed by atoms with Crippen molar-refractivity contribution in [2.75, 3.05) is 6.61 Å². The molecule has 2 unspecified atom stereocenters. The van der Waals surface area contributed by atoms with Crippen molar-refractivity contribution in [1.29, 1.82) is 0 Å². The van der Waals surface area contributed by atoms with E-state index in [0.717, 1.165) is 25.3 Å². The lowest BCUT2D eigenvalue weighted by Gasteiger charge is -2.24. The summed E-state index contributed by atoms with van der Waals surface area (Å²) >= 11 is 0. The van der Waals surface area contributed by atoms with Gasteiger partial charge in [0.15, 0.2) is 0 Å². The van der Waals surface area contributed by atoms with Crippen molar-refractivity contribution in [3.63, 3.8) is 0 Å². The predicted octanol–water partition coefficient (Wildman–Crippen LogP) is 1.66. The van der Waals surface area contributed by atoms with Crippen LogP contribution in [0.3, 0.4) is 0 Å². The van der Waals surface area contributed by atoms with Crippen LogP contribution in [0.25, 0.3) is 0 Å². The Bertz CT molecular complexity index is 285. The molecule has 0 bridgehead atoms. The minimum Gasteiger partial charge on any atom is -0.425 e. The highest BCUT2D eigenvalue weighted by Crippen LogP contribution is 2.28. The molecule has 1 fully saturated rings. The fourth-order valence-electron chi connectivity index (χ4n) is 1.70. The molecule has 0 aromatic carbocycles. The van der Waals surface area contributed by atoms with Crippen molar-refractivity contribution < 1.29 is 9.15 Å². The van der Waals surface area contributed by atoms with Crippen LogP contribution in [0, 0.1) is 6.92 Å². The van der Waals surface area contributed by atoms with Gasteiger partial charge in [0.1, 0.15) is 0 Å². The van der Waals surface area contributed by atoms with Gasteiger partial charge in [-0.25, -0.2) is 0 Å². The largest absolute Gasteiger partial charge is 0.425 e. The van der Waals surface area contributed by atoms with Gasteiger partial charge in [0.05, 0.1) is 6.10 Å². The molecular formula is C9H14N2O2. The highest BCUT2D eigenvalue weighted by molar-refractivity contribution is 4.93. The number of ether oxygens (including phenoxy) is 1. The van der Waals surface area contributed by atoms with Crippen LogP contribution < -0.4 is 0 Å². The molecule has 13 heavy (non-hydrogen) atoms. The van der Waals surface area contributed by atoms with Crippen molar-refractivity contribution in [3.05, 3.63) is 11.8 Å². The van der Waals surface area contributed by atoms with Crippen LogP contribution in [0.15, 0.2) is 4.42 Å². The Balaban J connectivity index is 2.08. The molecule has 72 valence electrons. The number of hydrogen-bond donors (Lipinski definition) is 0. The quantitative estimate of drug-likeness (QED) is 0.662. The average molecular weight is 182 g/mol. The number of hydrogen-bond acceptors (Lipinski definition) is 4. The molecule has 1 aromatic heterocycles. The zero-order valence-corrected chi connectivity index (χ0v) is 7.99. The summed E-state index contributed by atoms with van der Waals surface area (Å²) in [5, 5.41) is 7.86. The van der Waals surface area contributed by atoms with Crippen LogP contribution >= 0.6 is 0 Å². The third-order valence-corrected chi connectivity index (χ3v) is 2.38. The van der Waals surface area contributed by atoms with Gasteiger partial charge in [-0.05, 0) is 19.8 Å². The fourth-order valence-corrected chi connectivity index (χ4v) is 1.70. The van der Waals surface area contributed by atoms with Crippen LogP contribution in [0.2, 0.25) is 0 Å². The monoisotopic (exact) mass is 182 g/mol. The van der Waals surface area contributed by atoms with Gasteiger partial charge >= 0.3 is 0 Å². The maximum atomic E-state index is 5.45. The van der Waals surface area contributed by atoms with E-state index in [1.165, 1.54) is 0 Å².